The summed E-state index contributed by atoms with van der Waals surface area (Å²) < 4.78 is 0. The van der Waals surface area contributed by atoms with E-state index in [0.717, 1.165) is 48.8 Å². The summed E-state index contributed by atoms with van der Waals surface area (Å²) in [6.07, 6.45) is 5.44. The molecule has 2 saturated heterocycles. The van der Waals surface area contributed by atoms with E-state index >= 15 is 0 Å². The van der Waals surface area contributed by atoms with E-state index < -0.39 is 17.4 Å². The van der Waals surface area contributed by atoms with Crippen LogP contribution in [-0.4, -0.2) is 34.7 Å². The second kappa shape index (κ2) is 7.92. The Hall–Kier alpha value is -2.70. The maximum absolute atomic E-state index is 14.0. The lowest BCUT2D eigenvalue weighted by molar-refractivity contribution is -0.146. The Balaban J connectivity index is 1.48. The average molecular weight is 478 g/mol. The van der Waals surface area contributed by atoms with Gasteiger partial charge in [0.05, 0.1) is 17.5 Å². The molecule has 6 nitrogen and oxygen atoms in total. The van der Waals surface area contributed by atoms with Crippen molar-refractivity contribution >= 4 is 35.0 Å². The van der Waals surface area contributed by atoms with E-state index in [0.29, 0.717) is 17.1 Å². The molecule has 3 fully saturated rings. The Morgan fingerprint density at radius 1 is 1.00 bits per heavy atom. The van der Waals surface area contributed by atoms with Gasteiger partial charge in [-0.15, -0.1) is 0 Å². The molecular formula is C27H28ClN3O3. The second-order valence-electron chi connectivity index (χ2n) is 10.1. The molecule has 1 aliphatic carbocycles. The number of benzene rings is 2. The largest absolute Gasteiger partial charge is 0.324 e. The maximum Gasteiger partial charge on any atom is 0.250 e. The van der Waals surface area contributed by atoms with Crippen LogP contribution in [0.2, 0.25) is 5.02 Å². The second-order valence-corrected chi connectivity index (χ2v) is 10.5. The Labute approximate surface area is 204 Å². The van der Waals surface area contributed by atoms with Gasteiger partial charge in [-0.25, -0.2) is 0 Å². The minimum Gasteiger partial charge on any atom is -0.324 e. The van der Waals surface area contributed by atoms with Gasteiger partial charge in [0.15, 0.2) is 0 Å². The lowest BCUT2D eigenvalue weighted by atomic mass is 9.76. The number of likely N-dealkylation sites (tertiary alicyclic amines) is 1. The molecule has 3 aliphatic heterocycles. The first kappa shape index (κ1) is 21.8. The summed E-state index contributed by atoms with van der Waals surface area (Å²) in [5.74, 6) is -1.95. The van der Waals surface area contributed by atoms with Crippen LogP contribution >= 0.6 is 11.6 Å². The molecule has 2 aromatic rings. The third-order valence-electron chi connectivity index (χ3n) is 8.36. The van der Waals surface area contributed by atoms with E-state index in [4.69, 9.17) is 11.6 Å². The predicted octanol–water partition coefficient (Wildman–Crippen LogP) is 3.94. The molecule has 0 bridgehead atoms. The molecule has 3 amide bonds. The first-order chi connectivity index (χ1) is 16.4. The average Bonchev–Trinajstić information content (AvgIpc) is 3.42. The number of hydrogen-bond acceptors (Lipinski definition) is 4. The van der Waals surface area contributed by atoms with Crippen LogP contribution in [0.25, 0.3) is 0 Å². The zero-order chi connectivity index (χ0) is 23.6. The maximum atomic E-state index is 14.0. The zero-order valence-electron chi connectivity index (χ0n) is 19.1. The minimum atomic E-state index is -1.27. The number of hydrogen-bond donors (Lipinski definition) is 2. The fourth-order valence-electron chi connectivity index (χ4n) is 6.75. The molecule has 7 heteroatoms. The van der Waals surface area contributed by atoms with Gasteiger partial charge < -0.3 is 5.32 Å². The molecule has 0 unspecified atom stereocenters. The highest BCUT2D eigenvalue weighted by Gasteiger charge is 2.71. The molecule has 0 radical (unpaired) electrons. The lowest BCUT2D eigenvalue weighted by Crippen LogP contribution is -2.54. The number of rotatable bonds is 3. The van der Waals surface area contributed by atoms with Crippen molar-refractivity contribution in [2.45, 2.75) is 63.1 Å². The molecule has 176 valence electrons. The van der Waals surface area contributed by atoms with Crippen LogP contribution in [0, 0.1) is 18.8 Å². The van der Waals surface area contributed by atoms with E-state index in [1.54, 1.807) is 6.07 Å². The molecule has 1 spiro atoms. The topological polar surface area (TPSA) is 78.5 Å². The number of nitrogens with zero attached hydrogens (tertiary/aromatic N) is 1. The molecule has 1 saturated carbocycles. The SMILES string of the molecule is Cc1c(Cl)ccc2c1NC(=O)[C@]21N[C@@H](Cc2ccccc2)[C@H]2C(=O)N(C3CCCCC3)C(=O)[C@H]21. The van der Waals surface area contributed by atoms with Gasteiger partial charge >= 0.3 is 0 Å². The summed E-state index contributed by atoms with van der Waals surface area (Å²) in [6, 6.07) is 13.2. The van der Waals surface area contributed by atoms with Crippen LogP contribution in [0.5, 0.6) is 0 Å². The number of halogens is 1. The van der Waals surface area contributed by atoms with E-state index in [-0.39, 0.29) is 29.8 Å². The van der Waals surface area contributed by atoms with Crippen molar-refractivity contribution in [3.63, 3.8) is 0 Å². The van der Waals surface area contributed by atoms with Crippen LogP contribution in [-0.2, 0) is 26.3 Å². The lowest BCUT2D eigenvalue weighted by Gasteiger charge is -2.34. The fraction of sp³-hybridized carbons (Fsp3) is 0.444. The van der Waals surface area contributed by atoms with Crippen molar-refractivity contribution in [2.24, 2.45) is 11.8 Å². The highest BCUT2D eigenvalue weighted by atomic mass is 35.5. The van der Waals surface area contributed by atoms with E-state index in [2.05, 4.69) is 10.6 Å². The van der Waals surface area contributed by atoms with Crippen LogP contribution in [0.4, 0.5) is 5.69 Å². The molecule has 34 heavy (non-hydrogen) atoms. The summed E-state index contributed by atoms with van der Waals surface area (Å²) in [4.78, 5) is 43.1. The van der Waals surface area contributed by atoms with Gasteiger partial charge in [-0.1, -0.05) is 67.3 Å². The van der Waals surface area contributed by atoms with Gasteiger partial charge in [0.2, 0.25) is 17.7 Å². The van der Waals surface area contributed by atoms with Crippen LogP contribution in [0.3, 0.4) is 0 Å². The van der Waals surface area contributed by atoms with Gasteiger partial charge in [-0.05, 0) is 43.4 Å². The molecular weight excluding hydrogens is 450 g/mol. The molecule has 2 aromatic carbocycles. The number of imide groups is 1. The quantitative estimate of drug-likeness (QED) is 0.656. The van der Waals surface area contributed by atoms with Gasteiger partial charge in [-0.3, -0.25) is 24.6 Å². The Kier molecular flexibility index (Phi) is 5.08. The highest BCUT2D eigenvalue weighted by molar-refractivity contribution is 6.32. The molecule has 6 rings (SSSR count). The van der Waals surface area contributed by atoms with Crippen molar-refractivity contribution in [3.8, 4) is 0 Å². The predicted molar refractivity (Wildman–Crippen MR) is 129 cm³/mol. The molecule has 4 aliphatic rings. The number of amides is 3. The summed E-state index contributed by atoms with van der Waals surface area (Å²) in [6.45, 7) is 1.87. The van der Waals surface area contributed by atoms with Crippen LogP contribution < -0.4 is 10.6 Å². The smallest absolute Gasteiger partial charge is 0.250 e. The number of fused-ring (bicyclic) bond motifs is 4. The fourth-order valence-corrected chi connectivity index (χ4v) is 6.91. The Morgan fingerprint density at radius 3 is 2.47 bits per heavy atom. The number of anilines is 1. The van der Waals surface area contributed by atoms with E-state index in [9.17, 15) is 14.4 Å². The first-order valence-electron chi connectivity index (χ1n) is 12.2. The van der Waals surface area contributed by atoms with Crippen molar-refractivity contribution < 1.29 is 14.4 Å². The highest BCUT2D eigenvalue weighted by Crippen LogP contribution is 2.55. The van der Waals surface area contributed by atoms with Gasteiger partial charge in [0, 0.05) is 22.7 Å². The third-order valence-corrected chi connectivity index (χ3v) is 8.77. The van der Waals surface area contributed by atoms with Crippen LogP contribution in [0.1, 0.15) is 48.8 Å². The van der Waals surface area contributed by atoms with Gasteiger partial charge in [0.1, 0.15) is 5.54 Å². The minimum absolute atomic E-state index is 0.0651. The molecule has 2 N–H and O–H groups in total. The molecule has 0 aromatic heterocycles. The molecule has 4 atom stereocenters. The van der Waals surface area contributed by atoms with Crippen molar-refractivity contribution in [1.82, 2.24) is 10.2 Å². The number of carbonyl (C=O) groups excluding carboxylic acids is 3. The van der Waals surface area contributed by atoms with Gasteiger partial charge in [-0.2, -0.15) is 0 Å². The van der Waals surface area contributed by atoms with Crippen molar-refractivity contribution in [3.05, 3.63) is 64.2 Å². The normalized spacial score (nSPS) is 30.7. The Morgan fingerprint density at radius 2 is 1.74 bits per heavy atom. The molecule has 3 heterocycles. The van der Waals surface area contributed by atoms with Gasteiger partial charge in [0.25, 0.3) is 0 Å². The van der Waals surface area contributed by atoms with Crippen molar-refractivity contribution in [2.75, 3.05) is 5.32 Å². The van der Waals surface area contributed by atoms with Crippen LogP contribution in [0.15, 0.2) is 42.5 Å². The standard InChI is InChI=1S/C27H28ClN3O3/c1-15-19(28)13-12-18-23(15)29-26(34)27(18)22-21(20(30-27)14-16-8-4-2-5-9-16)24(32)31(25(22)33)17-10-6-3-7-11-17/h2,4-5,8-9,12-13,17,20-22,30H,3,6-7,10-11,14H2,1H3,(H,29,34)/t20-,21+,22-,27-/m0/s1. The Bertz CT molecular complexity index is 1190. The summed E-state index contributed by atoms with van der Waals surface area (Å²) >= 11 is 6.36. The monoisotopic (exact) mass is 477 g/mol. The zero-order valence-corrected chi connectivity index (χ0v) is 19.9. The van der Waals surface area contributed by atoms with E-state index in [1.807, 2.05) is 43.3 Å². The first-order valence-corrected chi connectivity index (χ1v) is 12.6. The van der Waals surface area contributed by atoms with Crippen molar-refractivity contribution in [1.29, 1.82) is 0 Å². The summed E-state index contributed by atoms with van der Waals surface area (Å²) in [5.41, 5.74) is 1.94. The number of nitrogens with one attached hydrogen (secondary N) is 2. The summed E-state index contributed by atoms with van der Waals surface area (Å²) in [5, 5.41) is 7.09. The number of carbonyl (C=O) groups is 3. The third kappa shape index (κ3) is 2.94. The van der Waals surface area contributed by atoms with E-state index in [1.165, 1.54) is 4.90 Å². The summed E-state index contributed by atoms with van der Waals surface area (Å²) in [7, 11) is 0.